The van der Waals surface area contributed by atoms with Gasteiger partial charge in [-0.05, 0) is 49.0 Å². The van der Waals surface area contributed by atoms with Gasteiger partial charge in [-0.2, -0.15) is 8.78 Å². The van der Waals surface area contributed by atoms with Crippen molar-refractivity contribution in [1.29, 1.82) is 0 Å². The number of carbonyl (C=O) groups excluding carboxylic acids is 1. The molecule has 1 heterocycles. The molecule has 0 aromatic heterocycles. The standard InChI is InChI=1S/C16H22F2N2O3S/c1-16(6-8-19-9-7-16)11-20-14(21)10-12-2-4-13(5-3-12)24(22,23)15(17)18/h2-5,15,19H,6-11H2,1H3,(H,20,21). The Bertz CT molecular complexity index is 669. The highest BCUT2D eigenvalue weighted by Gasteiger charge is 2.27. The molecular weight excluding hydrogens is 338 g/mol. The van der Waals surface area contributed by atoms with Crippen LogP contribution in [0.3, 0.4) is 0 Å². The van der Waals surface area contributed by atoms with Crippen LogP contribution in [0.15, 0.2) is 29.2 Å². The second kappa shape index (κ2) is 7.57. The molecule has 1 amide bonds. The number of rotatable bonds is 6. The van der Waals surface area contributed by atoms with Gasteiger partial charge in [0.1, 0.15) is 0 Å². The van der Waals surface area contributed by atoms with Crippen molar-refractivity contribution in [1.82, 2.24) is 10.6 Å². The van der Waals surface area contributed by atoms with Gasteiger partial charge in [0.2, 0.25) is 15.7 Å². The molecule has 5 nitrogen and oxygen atoms in total. The van der Waals surface area contributed by atoms with Crippen LogP contribution in [0.25, 0.3) is 0 Å². The lowest BCUT2D eigenvalue weighted by Crippen LogP contribution is -2.43. The first-order valence-corrected chi connectivity index (χ1v) is 9.36. The number of hydrogen-bond donors (Lipinski definition) is 2. The van der Waals surface area contributed by atoms with E-state index in [-0.39, 0.29) is 17.7 Å². The fraction of sp³-hybridized carbons (Fsp3) is 0.562. The largest absolute Gasteiger partial charge is 0.355 e. The topological polar surface area (TPSA) is 75.3 Å². The molecule has 134 valence electrons. The van der Waals surface area contributed by atoms with E-state index >= 15 is 0 Å². The minimum absolute atomic E-state index is 0.0795. The molecule has 8 heteroatoms. The van der Waals surface area contributed by atoms with Gasteiger partial charge < -0.3 is 10.6 Å². The smallest absolute Gasteiger partial charge is 0.341 e. The maximum absolute atomic E-state index is 12.5. The lowest BCUT2D eigenvalue weighted by molar-refractivity contribution is -0.121. The van der Waals surface area contributed by atoms with Crippen LogP contribution in [0, 0.1) is 5.41 Å². The van der Waals surface area contributed by atoms with Crippen molar-refractivity contribution >= 4 is 15.7 Å². The maximum atomic E-state index is 12.5. The molecule has 0 radical (unpaired) electrons. The molecule has 2 rings (SSSR count). The third-order valence-electron chi connectivity index (χ3n) is 4.37. The molecule has 1 aromatic rings. The summed E-state index contributed by atoms with van der Waals surface area (Å²) in [6.07, 6.45) is 2.07. The number of hydrogen-bond acceptors (Lipinski definition) is 4. The van der Waals surface area contributed by atoms with Crippen molar-refractivity contribution in [2.75, 3.05) is 19.6 Å². The van der Waals surface area contributed by atoms with Crippen LogP contribution in [-0.4, -0.2) is 39.7 Å². The summed E-state index contributed by atoms with van der Waals surface area (Å²) in [5.41, 5.74) is 0.659. The molecule has 1 fully saturated rings. The highest BCUT2D eigenvalue weighted by molar-refractivity contribution is 7.91. The molecule has 1 aliphatic rings. The minimum atomic E-state index is -4.59. The van der Waals surface area contributed by atoms with E-state index < -0.39 is 20.5 Å². The minimum Gasteiger partial charge on any atom is -0.355 e. The Labute approximate surface area is 140 Å². The Kier molecular flexibility index (Phi) is 5.92. The van der Waals surface area contributed by atoms with E-state index in [1.165, 1.54) is 12.1 Å². The number of piperidine rings is 1. The number of sulfone groups is 1. The van der Waals surface area contributed by atoms with E-state index in [2.05, 4.69) is 17.6 Å². The number of halogens is 2. The van der Waals surface area contributed by atoms with Gasteiger partial charge in [-0.3, -0.25) is 4.79 Å². The first-order chi connectivity index (χ1) is 11.2. The third-order valence-corrected chi connectivity index (χ3v) is 5.77. The predicted octanol–water partition coefficient (Wildman–Crippen LogP) is 1.73. The molecule has 0 aliphatic carbocycles. The second-order valence-electron chi connectivity index (χ2n) is 6.46. The van der Waals surface area contributed by atoms with Crippen LogP contribution >= 0.6 is 0 Å². The van der Waals surface area contributed by atoms with Gasteiger partial charge in [0.25, 0.3) is 0 Å². The van der Waals surface area contributed by atoms with E-state index in [0.717, 1.165) is 38.1 Å². The van der Waals surface area contributed by atoms with Gasteiger partial charge in [-0.25, -0.2) is 8.42 Å². The van der Waals surface area contributed by atoms with Gasteiger partial charge in [0.05, 0.1) is 11.3 Å². The van der Waals surface area contributed by atoms with E-state index in [1.54, 1.807) is 0 Å². The summed E-state index contributed by atoms with van der Waals surface area (Å²) in [4.78, 5) is 11.6. The normalized spacial score (nSPS) is 17.7. The molecule has 0 saturated carbocycles. The Hall–Kier alpha value is -1.54. The third kappa shape index (κ3) is 4.73. The molecule has 0 bridgehead atoms. The highest BCUT2D eigenvalue weighted by Crippen LogP contribution is 2.26. The van der Waals surface area contributed by atoms with E-state index in [0.29, 0.717) is 12.1 Å². The first kappa shape index (κ1) is 18.8. The molecule has 1 aromatic carbocycles. The zero-order valence-corrected chi connectivity index (χ0v) is 14.3. The van der Waals surface area contributed by atoms with Crippen molar-refractivity contribution in [2.24, 2.45) is 5.41 Å². The summed E-state index contributed by atoms with van der Waals surface area (Å²) in [6.45, 7) is 4.60. The Morgan fingerprint density at radius 3 is 2.38 bits per heavy atom. The Morgan fingerprint density at radius 2 is 1.83 bits per heavy atom. The first-order valence-electron chi connectivity index (χ1n) is 7.81. The summed E-state index contributed by atoms with van der Waals surface area (Å²) in [7, 11) is -4.59. The average molecular weight is 360 g/mol. The van der Waals surface area contributed by atoms with Crippen molar-refractivity contribution in [3.63, 3.8) is 0 Å². The highest BCUT2D eigenvalue weighted by atomic mass is 32.2. The molecule has 0 atom stereocenters. The number of alkyl halides is 2. The molecule has 0 unspecified atom stereocenters. The number of amides is 1. The monoisotopic (exact) mass is 360 g/mol. The summed E-state index contributed by atoms with van der Waals surface area (Å²) < 4.78 is 47.6. The molecule has 2 N–H and O–H groups in total. The van der Waals surface area contributed by atoms with Crippen LogP contribution in [0.5, 0.6) is 0 Å². The van der Waals surface area contributed by atoms with Crippen molar-refractivity contribution < 1.29 is 22.0 Å². The second-order valence-corrected chi connectivity index (χ2v) is 8.38. The van der Waals surface area contributed by atoms with Gasteiger partial charge >= 0.3 is 5.76 Å². The summed E-state index contributed by atoms with van der Waals surface area (Å²) in [5.74, 6) is -3.61. The Balaban J connectivity index is 1.90. The number of carbonyl (C=O) groups is 1. The van der Waals surface area contributed by atoms with Crippen molar-refractivity contribution in [3.05, 3.63) is 29.8 Å². The SMILES string of the molecule is CC1(CNC(=O)Cc2ccc(S(=O)(=O)C(F)F)cc2)CCNCC1. The van der Waals surface area contributed by atoms with Gasteiger partial charge in [0.15, 0.2) is 0 Å². The lowest BCUT2D eigenvalue weighted by atomic mass is 9.81. The molecule has 0 spiro atoms. The van der Waals surface area contributed by atoms with E-state index in [1.807, 2.05) is 0 Å². The van der Waals surface area contributed by atoms with E-state index in [4.69, 9.17) is 0 Å². The fourth-order valence-electron chi connectivity index (χ4n) is 2.67. The Morgan fingerprint density at radius 1 is 1.25 bits per heavy atom. The van der Waals surface area contributed by atoms with E-state index in [9.17, 15) is 22.0 Å². The molecule has 24 heavy (non-hydrogen) atoms. The summed E-state index contributed by atoms with van der Waals surface area (Å²) in [6, 6.07) is 5.00. The predicted molar refractivity (Wildman–Crippen MR) is 86.6 cm³/mol. The van der Waals surface area contributed by atoms with Crippen LogP contribution in [0.4, 0.5) is 8.78 Å². The van der Waals surface area contributed by atoms with Gasteiger partial charge in [0, 0.05) is 6.54 Å². The number of nitrogens with one attached hydrogen (secondary N) is 2. The van der Waals surface area contributed by atoms with Crippen molar-refractivity contribution in [2.45, 2.75) is 36.8 Å². The average Bonchev–Trinajstić information content (AvgIpc) is 2.54. The molecular formula is C16H22F2N2O3S. The van der Waals surface area contributed by atoms with Crippen LogP contribution in [0.1, 0.15) is 25.3 Å². The zero-order valence-electron chi connectivity index (χ0n) is 13.5. The fourth-order valence-corrected chi connectivity index (χ4v) is 3.39. The lowest BCUT2D eigenvalue weighted by Gasteiger charge is -2.34. The van der Waals surface area contributed by atoms with Gasteiger partial charge in [-0.1, -0.05) is 19.1 Å². The zero-order chi connectivity index (χ0) is 17.8. The number of benzene rings is 1. The van der Waals surface area contributed by atoms with Crippen LogP contribution < -0.4 is 10.6 Å². The summed E-state index contributed by atoms with van der Waals surface area (Å²) in [5, 5.41) is 6.18. The quantitative estimate of drug-likeness (QED) is 0.810. The molecule has 1 saturated heterocycles. The van der Waals surface area contributed by atoms with Crippen LogP contribution in [0.2, 0.25) is 0 Å². The maximum Gasteiger partial charge on any atom is 0.341 e. The summed E-state index contributed by atoms with van der Waals surface area (Å²) >= 11 is 0. The van der Waals surface area contributed by atoms with Crippen molar-refractivity contribution in [3.8, 4) is 0 Å². The van der Waals surface area contributed by atoms with Crippen LogP contribution in [-0.2, 0) is 21.1 Å². The van der Waals surface area contributed by atoms with Gasteiger partial charge in [-0.15, -0.1) is 0 Å². The molecule has 1 aliphatic heterocycles.